The van der Waals surface area contributed by atoms with E-state index in [-0.39, 0.29) is 11.3 Å². The van der Waals surface area contributed by atoms with Crippen LogP contribution in [0.1, 0.15) is 30.0 Å². The van der Waals surface area contributed by atoms with Crippen LogP contribution in [0.3, 0.4) is 0 Å². The molecule has 2 N–H and O–H groups in total. The highest BCUT2D eigenvalue weighted by atomic mass is 16.5. The van der Waals surface area contributed by atoms with Gasteiger partial charge in [0.25, 0.3) is 11.8 Å². The molecule has 1 amide bonds. The zero-order valence-electron chi connectivity index (χ0n) is 13.5. The second-order valence-corrected chi connectivity index (χ2v) is 6.22. The first-order valence-corrected chi connectivity index (χ1v) is 7.19. The van der Waals surface area contributed by atoms with Crippen LogP contribution in [0.15, 0.2) is 28.8 Å². The van der Waals surface area contributed by atoms with E-state index in [1.165, 1.54) is 0 Å². The third-order valence-electron chi connectivity index (χ3n) is 3.48. The largest absolute Gasteiger partial charge is 0.341 e. The minimum absolute atomic E-state index is 0.0898. The second kappa shape index (κ2) is 6.27. The quantitative estimate of drug-likeness (QED) is 0.914. The smallest absolute Gasteiger partial charge is 0.258 e. The lowest BCUT2D eigenvalue weighted by atomic mass is 9.93. The Balaban J connectivity index is 2.31. The van der Waals surface area contributed by atoms with Crippen molar-refractivity contribution in [2.45, 2.75) is 20.8 Å². The molecule has 1 aromatic carbocycles. The van der Waals surface area contributed by atoms with Crippen LogP contribution in [0, 0.1) is 12.3 Å². The van der Waals surface area contributed by atoms with E-state index in [9.17, 15) is 4.79 Å². The summed E-state index contributed by atoms with van der Waals surface area (Å²) in [4.78, 5) is 18.6. The predicted molar refractivity (Wildman–Crippen MR) is 84.3 cm³/mol. The van der Waals surface area contributed by atoms with Gasteiger partial charge in [0.05, 0.1) is 11.1 Å². The van der Waals surface area contributed by atoms with E-state index in [0.717, 1.165) is 0 Å². The molecule has 22 heavy (non-hydrogen) atoms. The first-order valence-electron chi connectivity index (χ1n) is 7.19. The molecule has 118 valence electrons. The summed E-state index contributed by atoms with van der Waals surface area (Å²) in [6, 6.07) is 7.24. The third-order valence-corrected chi connectivity index (χ3v) is 3.48. The van der Waals surface area contributed by atoms with Gasteiger partial charge in [-0.2, -0.15) is 4.98 Å². The first kappa shape index (κ1) is 16.2. The minimum atomic E-state index is -0.138. The van der Waals surface area contributed by atoms with Gasteiger partial charge in [0.15, 0.2) is 5.82 Å². The highest BCUT2D eigenvalue weighted by Gasteiger charge is 2.24. The highest BCUT2D eigenvalue weighted by molar-refractivity contribution is 5.99. The molecule has 0 aliphatic rings. The molecule has 0 unspecified atom stereocenters. The summed E-state index contributed by atoms with van der Waals surface area (Å²) in [5.41, 5.74) is 6.79. The first-order chi connectivity index (χ1) is 10.3. The topological polar surface area (TPSA) is 85.2 Å². The Hall–Kier alpha value is -2.21. The van der Waals surface area contributed by atoms with Crippen LogP contribution in [0.4, 0.5) is 0 Å². The molecule has 6 heteroatoms. The Morgan fingerprint density at radius 3 is 2.64 bits per heavy atom. The number of hydrogen-bond donors (Lipinski definition) is 1. The van der Waals surface area contributed by atoms with Crippen molar-refractivity contribution in [2.75, 3.05) is 20.1 Å². The van der Waals surface area contributed by atoms with Crippen molar-refractivity contribution in [2.24, 2.45) is 11.1 Å². The summed E-state index contributed by atoms with van der Waals surface area (Å²) in [5.74, 6) is 0.802. The molecule has 1 heterocycles. The Bertz CT molecular complexity index is 664. The zero-order valence-corrected chi connectivity index (χ0v) is 13.5. The Kier molecular flexibility index (Phi) is 4.61. The molecule has 2 aromatic rings. The highest BCUT2D eigenvalue weighted by Crippen LogP contribution is 2.24. The van der Waals surface area contributed by atoms with Gasteiger partial charge in [0.1, 0.15) is 0 Å². The van der Waals surface area contributed by atoms with Crippen molar-refractivity contribution in [3.63, 3.8) is 0 Å². The molecule has 0 atom stereocenters. The van der Waals surface area contributed by atoms with Gasteiger partial charge >= 0.3 is 0 Å². The molecule has 0 aliphatic carbocycles. The van der Waals surface area contributed by atoms with Gasteiger partial charge in [-0.05, 0) is 31.0 Å². The molecule has 6 nitrogen and oxygen atoms in total. The summed E-state index contributed by atoms with van der Waals surface area (Å²) >= 11 is 0. The number of carbonyl (C=O) groups excluding carboxylic acids is 1. The van der Waals surface area contributed by atoms with Gasteiger partial charge in [-0.1, -0.05) is 31.1 Å². The summed E-state index contributed by atoms with van der Waals surface area (Å²) < 4.78 is 5.19. The van der Waals surface area contributed by atoms with E-state index in [1.54, 1.807) is 24.9 Å². The summed E-state index contributed by atoms with van der Waals surface area (Å²) in [5, 5.41) is 3.78. The number of aromatic nitrogens is 2. The average Bonchev–Trinajstić information content (AvgIpc) is 2.92. The van der Waals surface area contributed by atoms with Gasteiger partial charge in [0.2, 0.25) is 0 Å². The molecule has 0 aliphatic heterocycles. The number of hydrogen-bond acceptors (Lipinski definition) is 5. The Morgan fingerprint density at radius 1 is 1.36 bits per heavy atom. The van der Waals surface area contributed by atoms with Crippen molar-refractivity contribution < 1.29 is 9.32 Å². The van der Waals surface area contributed by atoms with Gasteiger partial charge in [-0.3, -0.25) is 4.79 Å². The van der Waals surface area contributed by atoms with E-state index in [0.29, 0.717) is 35.9 Å². The summed E-state index contributed by atoms with van der Waals surface area (Å²) in [6.45, 7) is 6.88. The van der Waals surface area contributed by atoms with E-state index < -0.39 is 0 Å². The molecule has 0 fully saturated rings. The molecule has 1 aromatic heterocycles. The maximum absolute atomic E-state index is 12.7. The van der Waals surface area contributed by atoms with Crippen LogP contribution in [-0.4, -0.2) is 41.1 Å². The third kappa shape index (κ3) is 3.51. The lowest BCUT2D eigenvalue weighted by Crippen LogP contribution is -2.39. The molecule has 2 rings (SSSR count). The van der Waals surface area contributed by atoms with Crippen LogP contribution in [0.5, 0.6) is 0 Å². The van der Waals surface area contributed by atoms with E-state index >= 15 is 0 Å². The number of carbonyl (C=O) groups is 1. The standard InChI is InChI=1S/C16H22N4O2/c1-11-18-14(22-19-11)12-7-5-6-8-13(12)15(21)20(4)10-16(2,3)9-17/h5-8H,9-10,17H2,1-4H3. The number of nitrogens with two attached hydrogens (primary N) is 1. The number of nitrogens with zero attached hydrogens (tertiary/aromatic N) is 3. The van der Waals surface area contributed by atoms with E-state index in [1.807, 2.05) is 32.0 Å². The van der Waals surface area contributed by atoms with Gasteiger partial charge in [0, 0.05) is 13.6 Å². The van der Waals surface area contributed by atoms with Crippen molar-refractivity contribution in [3.8, 4) is 11.5 Å². The number of amides is 1. The average molecular weight is 302 g/mol. The second-order valence-electron chi connectivity index (χ2n) is 6.22. The monoisotopic (exact) mass is 302 g/mol. The van der Waals surface area contributed by atoms with Crippen LogP contribution in [-0.2, 0) is 0 Å². The molecule has 0 bridgehead atoms. The fourth-order valence-corrected chi connectivity index (χ4v) is 2.25. The van der Waals surface area contributed by atoms with Gasteiger partial charge < -0.3 is 15.2 Å². The Labute approximate surface area is 130 Å². The van der Waals surface area contributed by atoms with Gasteiger partial charge in [-0.15, -0.1) is 0 Å². The molecular weight excluding hydrogens is 280 g/mol. The molecule has 0 spiro atoms. The minimum Gasteiger partial charge on any atom is -0.341 e. The van der Waals surface area contributed by atoms with E-state index in [4.69, 9.17) is 10.3 Å². The SMILES string of the molecule is Cc1noc(-c2ccccc2C(=O)N(C)CC(C)(C)CN)n1. The Morgan fingerprint density at radius 2 is 2.05 bits per heavy atom. The normalized spacial score (nSPS) is 11.5. The van der Waals surface area contributed by atoms with Crippen LogP contribution < -0.4 is 5.73 Å². The van der Waals surface area contributed by atoms with Crippen molar-refractivity contribution in [1.29, 1.82) is 0 Å². The van der Waals surface area contributed by atoms with Crippen LogP contribution in [0.25, 0.3) is 11.5 Å². The lowest BCUT2D eigenvalue weighted by Gasteiger charge is -2.29. The molecule has 0 saturated carbocycles. The lowest BCUT2D eigenvalue weighted by molar-refractivity contribution is 0.0741. The van der Waals surface area contributed by atoms with Crippen molar-refractivity contribution >= 4 is 5.91 Å². The predicted octanol–water partition coefficient (Wildman–Crippen LogP) is 2.10. The zero-order chi connectivity index (χ0) is 16.3. The van der Waals surface area contributed by atoms with Crippen LogP contribution in [0.2, 0.25) is 0 Å². The maximum atomic E-state index is 12.7. The van der Waals surface area contributed by atoms with Crippen molar-refractivity contribution in [1.82, 2.24) is 15.0 Å². The van der Waals surface area contributed by atoms with Crippen LogP contribution >= 0.6 is 0 Å². The summed E-state index contributed by atoms with van der Waals surface area (Å²) in [7, 11) is 1.77. The number of aryl methyl sites for hydroxylation is 1. The molecular formula is C16H22N4O2. The molecule has 0 radical (unpaired) electrons. The fourth-order valence-electron chi connectivity index (χ4n) is 2.25. The number of rotatable bonds is 5. The number of benzene rings is 1. The maximum Gasteiger partial charge on any atom is 0.258 e. The summed E-state index contributed by atoms with van der Waals surface area (Å²) in [6.07, 6.45) is 0. The van der Waals surface area contributed by atoms with Crippen molar-refractivity contribution in [3.05, 3.63) is 35.7 Å². The fraction of sp³-hybridized carbons (Fsp3) is 0.438. The molecule has 0 saturated heterocycles. The van der Waals surface area contributed by atoms with E-state index in [2.05, 4.69) is 10.1 Å². The van der Waals surface area contributed by atoms with Gasteiger partial charge in [-0.25, -0.2) is 0 Å².